The summed E-state index contributed by atoms with van der Waals surface area (Å²) in [6, 6.07) is 6.62. The van der Waals surface area contributed by atoms with Crippen molar-refractivity contribution in [3.05, 3.63) is 23.9 Å². The Labute approximate surface area is 161 Å². The monoisotopic (exact) mass is 449 g/mol. The molecule has 130 valence electrons. The second-order valence-electron chi connectivity index (χ2n) is 5.82. The predicted octanol–water partition coefficient (Wildman–Crippen LogP) is 2.71. The zero-order chi connectivity index (χ0) is 15.9. The minimum Gasteiger partial charge on any atom is -0.363 e. The molecule has 5 nitrogen and oxygen atoms in total. The van der Waals surface area contributed by atoms with E-state index >= 15 is 0 Å². The van der Waals surface area contributed by atoms with E-state index in [0.29, 0.717) is 12.6 Å². The molecule has 1 saturated carbocycles. The lowest BCUT2D eigenvalue weighted by Gasteiger charge is -2.18. The Kier molecular flexibility index (Phi) is 9.04. The maximum absolute atomic E-state index is 4.61. The van der Waals surface area contributed by atoms with Crippen molar-refractivity contribution in [2.75, 3.05) is 32.3 Å². The number of thioether (sulfide) groups is 1. The van der Waals surface area contributed by atoms with Gasteiger partial charge < -0.3 is 15.5 Å². The van der Waals surface area contributed by atoms with Gasteiger partial charge in [-0.1, -0.05) is 6.07 Å². The van der Waals surface area contributed by atoms with Crippen LogP contribution in [0.25, 0.3) is 0 Å². The number of halogens is 1. The highest BCUT2D eigenvalue weighted by atomic mass is 127. The van der Waals surface area contributed by atoms with Gasteiger partial charge >= 0.3 is 0 Å². The summed E-state index contributed by atoms with van der Waals surface area (Å²) in [5.41, 5.74) is 1.02. The van der Waals surface area contributed by atoms with Crippen molar-refractivity contribution in [2.45, 2.75) is 37.1 Å². The van der Waals surface area contributed by atoms with Gasteiger partial charge in [0.1, 0.15) is 5.82 Å². The fraction of sp³-hybridized carbons (Fsp3) is 0.625. The molecule has 7 heteroatoms. The summed E-state index contributed by atoms with van der Waals surface area (Å²) < 4.78 is 0. The van der Waals surface area contributed by atoms with Gasteiger partial charge in [0.05, 0.1) is 12.2 Å². The Bertz CT molecular complexity index is 509. The minimum atomic E-state index is 0. The topological polar surface area (TPSA) is 52.6 Å². The number of hydrogen-bond donors (Lipinski definition) is 2. The van der Waals surface area contributed by atoms with Crippen LogP contribution in [0.2, 0.25) is 0 Å². The molecular weight excluding hydrogens is 421 g/mol. The van der Waals surface area contributed by atoms with Gasteiger partial charge in [-0.2, -0.15) is 11.8 Å². The summed E-state index contributed by atoms with van der Waals surface area (Å²) >= 11 is 1.97. The molecule has 0 radical (unpaired) electrons. The largest absolute Gasteiger partial charge is 0.363 e. The molecule has 23 heavy (non-hydrogen) atoms. The van der Waals surface area contributed by atoms with Crippen LogP contribution in [0.4, 0.5) is 5.82 Å². The fourth-order valence-electron chi connectivity index (χ4n) is 2.66. The highest BCUT2D eigenvalue weighted by molar-refractivity contribution is 14.0. The highest BCUT2D eigenvalue weighted by Gasteiger charge is 2.24. The number of pyridine rings is 1. The van der Waals surface area contributed by atoms with Crippen molar-refractivity contribution in [1.82, 2.24) is 15.6 Å². The first-order valence-corrected chi connectivity index (χ1v) is 9.04. The zero-order valence-electron chi connectivity index (χ0n) is 14.4. The Morgan fingerprint density at radius 2 is 2.17 bits per heavy atom. The van der Waals surface area contributed by atoms with Gasteiger partial charge in [0.15, 0.2) is 5.96 Å². The zero-order valence-corrected chi connectivity index (χ0v) is 17.5. The van der Waals surface area contributed by atoms with Crippen LogP contribution in [-0.4, -0.2) is 49.6 Å². The Morgan fingerprint density at radius 3 is 2.78 bits per heavy atom. The molecular formula is C16H28IN5S. The smallest absolute Gasteiger partial charge is 0.191 e. The summed E-state index contributed by atoms with van der Waals surface area (Å²) in [6.07, 6.45) is 5.93. The molecule has 0 spiro atoms. The number of aromatic nitrogens is 1. The van der Waals surface area contributed by atoms with Gasteiger partial charge in [0, 0.05) is 32.4 Å². The average Bonchev–Trinajstić information content (AvgIpc) is 2.99. The van der Waals surface area contributed by atoms with E-state index in [1.807, 2.05) is 56.0 Å². The second-order valence-corrected chi connectivity index (χ2v) is 6.96. The molecule has 0 bridgehead atoms. The standard InChI is InChI=1S/C16H27N5S.HI/c1-17-16(20-12-8-9-14(10-12)22-4)18-11-13-6-5-7-15(19-13)21(2)3;/h5-7,12,14H,8-11H2,1-4H3,(H2,17,18,20);1H. The molecule has 1 aliphatic rings. The van der Waals surface area contributed by atoms with Crippen LogP contribution >= 0.6 is 35.7 Å². The van der Waals surface area contributed by atoms with E-state index in [-0.39, 0.29) is 24.0 Å². The van der Waals surface area contributed by atoms with Gasteiger partial charge in [-0.3, -0.25) is 4.99 Å². The quantitative estimate of drug-likeness (QED) is 0.412. The summed E-state index contributed by atoms with van der Waals surface area (Å²) in [5.74, 6) is 1.84. The van der Waals surface area contributed by atoms with Gasteiger partial charge in [-0.05, 0) is 37.7 Å². The van der Waals surface area contributed by atoms with Crippen molar-refractivity contribution in [3.63, 3.8) is 0 Å². The molecule has 0 aromatic carbocycles. The SMILES string of the molecule is CN=C(NCc1cccc(N(C)C)n1)NC1CCC(SC)C1.I. The normalized spacial score (nSPS) is 20.8. The fourth-order valence-corrected chi connectivity index (χ4v) is 3.46. The number of rotatable bonds is 5. The van der Waals surface area contributed by atoms with Crippen LogP contribution in [0.3, 0.4) is 0 Å². The Balaban J connectivity index is 0.00000264. The molecule has 1 aromatic rings. The van der Waals surface area contributed by atoms with E-state index in [0.717, 1.165) is 22.7 Å². The third-order valence-corrected chi connectivity index (χ3v) is 5.06. The number of nitrogens with one attached hydrogen (secondary N) is 2. The Morgan fingerprint density at radius 1 is 1.39 bits per heavy atom. The summed E-state index contributed by atoms with van der Waals surface area (Å²) in [6.45, 7) is 0.681. The van der Waals surface area contributed by atoms with Crippen molar-refractivity contribution >= 4 is 47.5 Å². The molecule has 2 N–H and O–H groups in total. The van der Waals surface area contributed by atoms with Gasteiger partial charge in [-0.15, -0.1) is 24.0 Å². The molecule has 0 aliphatic heterocycles. The van der Waals surface area contributed by atoms with Crippen molar-refractivity contribution < 1.29 is 0 Å². The highest BCUT2D eigenvalue weighted by Crippen LogP contribution is 2.27. The van der Waals surface area contributed by atoms with Crippen LogP contribution in [0.15, 0.2) is 23.2 Å². The van der Waals surface area contributed by atoms with Crippen LogP contribution in [0.1, 0.15) is 25.0 Å². The Hall–Kier alpha value is -0.700. The molecule has 2 unspecified atom stereocenters. The molecule has 1 aromatic heterocycles. The lowest BCUT2D eigenvalue weighted by Crippen LogP contribution is -2.42. The third-order valence-electron chi connectivity index (χ3n) is 3.97. The van der Waals surface area contributed by atoms with Gasteiger partial charge in [0.25, 0.3) is 0 Å². The van der Waals surface area contributed by atoms with E-state index in [1.165, 1.54) is 19.3 Å². The maximum Gasteiger partial charge on any atom is 0.191 e. The summed E-state index contributed by atoms with van der Waals surface area (Å²) in [7, 11) is 5.82. The molecule has 1 fully saturated rings. The molecule has 2 atom stereocenters. The first-order chi connectivity index (χ1) is 10.6. The van der Waals surface area contributed by atoms with Crippen molar-refractivity contribution in [1.29, 1.82) is 0 Å². The number of anilines is 1. The second kappa shape index (κ2) is 10.2. The van der Waals surface area contributed by atoms with Crippen LogP contribution in [-0.2, 0) is 6.54 Å². The number of guanidine groups is 1. The van der Waals surface area contributed by atoms with E-state index in [2.05, 4.69) is 26.9 Å². The number of aliphatic imine (C=N–C) groups is 1. The minimum absolute atomic E-state index is 0. The predicted molar refractivity (Wildman–Crippen MR) is 112 cm³/mol. The maximum atomic E-state index is 4.61. The molecule has 1 aliphatic carbocycles. The number of nitrogens with zero attached hydrogens (tertiary/aromatic N) is 3. The van der Waals surface area contributed by atoms with E-state index in [9.17, 15) is 0 Å². The van der Waals surface area contributed by atoms with Gasteiger partial charge in [-0.25, -0.2) is 4.98 Å². The summed E-state index contributed by atoms with van der Waals surface area (Å²) in [5, 5.41) is 7.67. The van der Waals surface area contributed by atoms with E-state index < -0.39 is 0 Å². The molecule has 1 heterocycles. The van der Waals surface area contributed by atoms with Crippen LogP contribution in [0, 0.1) is 0 Å². The van der Waals surface area contributed by atoms with Gasteiger partial charge in [0.2, 0.25) is 0 Å². The molecule has 2 rings (SSSR count). The van der Waals surface area contributed by atoms with Crippen LogP contribution in [0.5, 0.6) is 0 Å². The van der Waals surface area contributed by atoms with E-state index in [1.54, 1.807) is 0 Å². The third kappa shape index (κ3) is 6.37. The molecule has 0 saturated heterocycles. The van der Waals surface area contributed by atoms with E-state index in [4.69, 9.17) is 0 Å². The number of hydrogen-bond acceptors (Lipinski definition) is 4. The summed E-state index contributed by atoms with van der Waals surface area (Å²) in [4.78, 5) is 10.9. The lowest BCUT2D eigenvalue weighted by molar-refractivity contribution is 0.613. The van der Waals surface area contributed by atoms with Crippen molar-refractivity contribution in [3.8, 4) is 0 Å². The molecule has 0 amide bonds. The first-order valence-electron chi connectivity index (χ1n) is 7.75. The van der Waals surface area contributed by atoms with Crippen LogP contribution < -0.4 is 15.5 Å². The van der Waals surface area contributed by atoms with Crippen molar-refractivity contribution in [2.24, 2.45) is 4.99 Å². The average molecular weight is 449 g/mol. The lowest BCUT2D eigenvalue weighted by atomic mass is 10.2. The first kappa shape index (κ1) is 20.3.